The van der Waals surface area contributed by atoms with Gasteiger partial charge < -0.3 is 15.4 Å². The maximum Gasteiger partial charge on any atom is 0.275 e. The smallest absolute Gasteiger partial charge is 0.275 e. The van der Waals surface area contributed by atoms with Crippen molar-refractivity contribution in [3.8, 4) is 5.75 Å². The molecule has 3 rings (SSSR count). The van der Waals surface area contributed by atoms with Gasteiger partial charge in [0.2, 0.25) is 5.91 Å². The quantitative estimate of drug-likeness (QED) is 0.687. The van der Waals surface area contributed by atoms with Crippen LogP contribution in [-0.2, 0) is 11.3 Å². The number of hydrogen-bond donors (Lipinski definition) is 1. The number of aromatic nitrogens is 2. The van der Waals surface area contributed by atoms with E-state index in [1.165, 1.54) is 24.3 Å². The summed E-state index contributed by atoms with van der Waals surface area (Å²) in [6.07, 6.45) is 3.97. The summed E-state index contributed by atoms with van der Waals surface area (Å²) in [7, 11) is 0. The number of rotatable bonds is 8. The van der Waals surface area contributed by atoms with Crippen molar-refractivity contribution >= 4 is 23.4 Å². The normalized spacial score (nSPS) is 19.0. The number of hydrogen-bond acceptors (Lipinski definition) is 4. The molecule has 1 saturated heterocycles. The third kappa shape index (κ3) is 5.30. The number of carbonyl (C=O) groups is 2. The van der Waals surface area contributed by atoms with Gasteiger partial charge in [0.25, 0.3) is 5.91 Å². The van der Waals surface area contributed by atoms with E-state index >= 15 is 0 Å². The number of amides is 2. The largest absolute Gasteiger partial charge is 0.493 e. The molecule has 2 aromatic rings. The minimum Gasteiger partial charge on any atom is -0.493 e. The van der Waals surface area contributed by atoms with Crippen LogP contribution in [-0.4, -0.2) is 46.2 Å². The second-order valence-corrected chi connectivity index (χ2v) is 8.21. The number of carbonyl (C=O) groups excluding carboxylic acids is 2. The van der Waals surface area contributed by atoms with Gasteiger partial charge in [-0.2, -0.15) is 5.10 Å². The number of halogens is 2. The Labute approximate surface area is 179 Å². The second kappa shape index (κ2) is 9.47. The van der Waals surface area contributed by atoms with Crippen molar-refractivity contribution in [3.05, 3.63) is 47.0 Å². The van der Waals surface area contributed by atoms with Gasteiger partial charge in [-0.3, -0.25) is 14.3 Å². The Balaban J connectivity index is 1.76. The molecular formula is C21H26ClFN4O3. The maximum absolute atomic E-state index is 13.1. The van der Waals surface area contributed by atoms with Crippen molar-refractivity contribution in [2.75, 3.05) is 19.7 Å². The average molecular weight is 437 g/mol. The number of nitrogens with two attached hydrogens (primary N) is 1. The molecule has 1 atom stereocenters. The summed E-state index contributed by atoms with van der Waals surface area (Å²) in [5, 5.41) is 4.63. The Hall–Kier alpha value is -2.61. The number of benzene rings is 1. The summed E-state index contributed by atoms with van der Waals surface area (Å²) in [4.78, 5) is 26.5. The van der Waals surface area contributed by atoms with Crippen molar-refractivity contribution in [1.82, 2.24) is 14.7 Å². The molecule has 1 aliphatic rings. The van der Waals surface area contributed by atoms with Crippen molar-refractivity contribution in [1.29, 1.82) is 0 Å². The highest BCUT2D eigenvalue weighted by Gasteiger charge is 2.40. The first-order chi connectivity index (χ1) is 14.3. The fourth-order valence-electron chi connectivity index (χ4n) is 3.87. The molecule has 0 saturated carbocycles. The van der Waals surface area contributed by atoms with E-state index < -0.39 is 11.3 Å². The first kappa shape index (κ1) is 22.1. The molecule has 2 N–H and O–H groups in total. The third-order valence-electron chi connectivity index (χ3n) is 5.23. The fraction of sp³-hybridized carbons (Fsp3) is 0.476. The van der Waals surface area contributed by atoms with Crippen LogP contribution >= 0.6 is 11.6 Å². The molecule has 0 spiro atoms. The van der Waals surface area contributed by atoms with E-state index in [0.717, 1.165) is 6.42 Å². The molecule has 1 aliphatic heterocycles. The van der Waals surface area contributed by atoms with Crippen LogP contribution in [0.15, 0.2) is 30.5 Å². The number of primary amides is 1. The third-order valence-corrected chi connectivity index (χ3v) is 5.51. The highest BCUT2D eigenvalue weighted by molar-refractivity contribution is 6.33. The van der Waals surface area contributed by atoms with E-state index in [1.807, 2.05) is 6.92 Å². The summed E-state index contributed by atoms with van der Waals surface area (Å²) < 4.78 is 20.6. The summed E-state index contributed by atoms with van der Waals surface area (Å²) in [5.41, 5.74) is 5.08. The lowest BCUT2D eigenvalue weighted by Crippen LogP contribution is -2.50. The predicted octanol–water partition coefficient (Wildman–Crippen LogP) is 3.26. The molecule has 1 fully saturated rings. The van der Waals surface area contributed by atoms with E-state index in [1.54, 1.807) is 15.8 Å². The average Bonchev–Trinajstić information content (AvgIpc) is 3.07. The Morgan fingerprint density at radius 2 is 2.07 bits per heavy atom. The van der Waals surface area contributed by atoms with Gasteiger partial charge >= 0.3 is 0 Å². The molecule has 2 amide bonds. The van der Waals surface area contributed by atoms with Crippen LogP contribution in [0.3, 0.4) is 0 Å². The molecule has 1 aromatic carbocycles. The summed E-state index contributed by atoms with van der Waals surface area (Å²) in [6.45, 7) is 3.70. The minimum absolute atomic E-state index is 0.0793. The van der Waals surface area contributed by atoms with Gasteiger partial charge in [0, 0.05) is 37.7 Å². The molecule has 0 bridgehead atoms. The van der Waals surface area contributed by atoms with Crippen LogP contribution in [0.1, 0.15) is 43.1 Å². The first-order valence-corrected chi connectivity index (χ1v) is 10.4. The van der Waals surface area contributed by atoms with Crippen molar-refractivity contribution < 1.29 is 18.7 Å². The van der Waals surface area contributed by atoms with Crippen molar-refractivity contribution in [2.24, 2.45) is 11.1 Å². The molecule has 7 nitrogen and oxygen atoms in total. The molecule has 2 heterocycles. The molecule has 162 valence electrons. The molecule has 9 heteroatoms. The molecular weight excluding hydrogens is 411 g/mol. The topological polar surface area (TPSA) is 90.5 Å². The van der Waals surface area contributed by atoms with E-state index in [4.69, 9.17) is 22.1 Å². The molecule has 30 heavy (non-hydrogen) atoms. The summed E-state index contributed by atoms with van der Waals surface area (Å²) in [6, 6.07) is 5.67. The second-order valence-electron chi connectivity index (χ2n) is 7.80. The van der Waals surface area contributed by atoms with Crippen LogP contribution in [0.5, 0.6) is 5.75 Å². The highest BCUT2D eigenvalue weighted by Crippen LogP contribution is 2.35. The fourth-order valence-corrected chi connectivity index (χ4v) is 4.10. The van der Waals surface area contributed by atoms with Gasteiger partial charge in [0.05, 0.1) is 11.6 Å². The van der Waals surface area contributed by atoms with E-state index in [-0.39, 0.29) is 30.4 Å². The Morgan fingerprint density at radius 1 is 1.33 bits per heavy atom. The number of ether oxygens (including phenoxy) is 1. The monoisotopic (exact) mass is 436 g/mol. The van der Waals surface area contributed by atoms with Crippen molar-refractivity contribution in [3.63, 3.8) is 0 Å². The van der Waals surface area contributed by atoms with Crippen LogP contribution < -0.4 is 10.5 Å². The maximum atomic E-state index is 13.1. The van der Waals surface area contributed by atoms with Gasteiger partial charge in [-0.25, -0.2) is 4.39 Å². The molecule has 1 aromatic heterocycles. The van der Waals surface area contributed by atoms with Gasteiger partial charge in [-0.05, 0) is 43.5 Å². The summed E-state index contributed by atoms with van der Waals surface area (Å²) in [5.74, 6) is -0.601. The predicted molar refractivity (Wildman–Crippen MR) is 111 cm³/mol. The number of likely N-dealkylation sites (tertiary alicyclic amines) is 1. The number of nitrogens with zero attached hydrogens (tertiary/aromatic N) is 3. The van der Waals surface area contributed by atoms with Crippen LogP contribution in [0.4, 0.5) is 4.39 Å². The van der Waals surface area contributed by atoms with Crippen molar-refractivity contribution in [2.45, 2.75) is 39.2 Å². The van der Waals surface area contributed by atoms with Gasteiger partial charge in [-0.1, -0.05) is 18.5 Å². The lowest BCUT2D eigenvalue weighted by molar-refractivity contribution is -0.122. The number of aryl methyl sites for hydroxylation is 1. The zero-order valence-corrected chi connectivity index (χ0v) is 17.7. The Morgan fingerprint density at radius 3 is 2.73 bits per heavy atom. The van der Waals surface area contributed by atoms with E-state index in [9.17, 15) is 14.0 Å². The van der Waals surface area contributed by atoms with Gasteiger partial charge in [0.15, 0.2) is 5.69 Å². The molecule has 0 aliphatic carbocycles. The van der Waals surface area contributed by atoms with Crippen LogP contribution in [0.25, 0.3) is 0 Å². The number of piperidine rings is 1. The lowest BCUT2D eigenvalue weighted by Gasteiger charge is -2.41. The highest BCUT2D eigenvalue weighted by atomic mass is 35.5. The van der Waals surface area contributed by atoms with E-state index in [0.29, 0.717) is 43.2 Å². The standard InChI is InChI=1S/C21H26ClFN4O3/c1-2-9-27-12-17(22)19(25-27)20(29)26-10-3-8-21(13-26,11-18(24)28)14-30-16-6-4-15(23)5-7-16/h4-7,12H,2-3,8-11,13-14H2,1H3,(H2,24,28). The van der Waals surface area contributed by atoms with Gasteiger partial charge in [0.1, 0.15) is 11.6 Å². The zero-order valence-electron chi connectivity index (χ0n) is 16.9. The summed E-state index contributed by atoms with van der Waals surface area (Å²) >= 11 is 6.24. The first-order valence-electron chi connectivity index (χ1n) is 10.0. The lowest BCUT2D eigenvalue weighted by atomic mass is 9.77. The zero-order chi connectivity index (χ0) is 21.7. The Bertz CT molecular complexity index is 902. The molecule has 1 unspecified atom stereocenters. The molecule has 0 radical (unpaired) electrons. The minimum atomic E-state index is -0.632. The van der Waals surface area contributed by atoms with E-state index in [2.05, 4.69) is 5.10 Å². The van der Waals surface area contributed by atoms with Crippen LogP contribution in [0, 0.1) is 11.2 Å². The SMILES string of the molecule is CCCn1cc(Cl)c(C(=O)N2CCCC(COc3ccc(F)cc3)(CC(N)=O)C2)n1. The Kier molecular flexibility index (Phi) is 6.97. The van der Waals surface area contributed by atoms with Crippen LogP contribution in [0.2, 0.25) is 5.02 Å². The van der Waals surface area contributed by atoms with Gasteiger partial charge in [-0.15, -0.1) is 0 Å².